The molecule has 1 unspecified atom stereocenters. The van der Waals surface area contributed by atoms with E-state index in [2.05, 4.69) is 5.32 Å². The summed E-state index contributed by atoms with van der Waals surface area (Å²) >= 11 is 0. The summed E-state index contributed by atoms with van der Waals surface area (Å²) in [5.74, 6) is -0.913. The van der Waals surface area contributed by atoms with Gasteiger partial charge in [0.1, 0.15) is 12.3 Å². The van der Waals surface area contributed by atoms with Gasteiger partial charge in [-0.3, -0.25) is 4.79 Å². The van der Waals surface area contributed by atoms with Crippen molar-refractivity contribution in [2.45, 2.75) is 18.9 Å². The zero-order valence-electron chi connectivity index (χ0n) is 5.83. The summed E-state index contributed by atoms with van der Waals surface area (Å²) in [5.41, 5.74) is 0. The van der Waals surface area contributed by atoms with Crippen LogP contribution in [0.4, 0.5) is 0 Å². The van der Waals surface area contributed by atoms with Crippen molar-refractivity contribution in [3.05, 3.63) is 0 Å². The van der Waals surface area contributed by atoms with Gasteiger partial charge in [-0.1, -0.05) is 0 Å². The molecule has 2 N–H and O–H groups in total. The highest BCUT2D eigenvalue weighted by Crippen LogP contribution is 1.93. The maximum Gasteiger partial charge on any atom is 0.320 e. The summed E-state index contributed by atoms with van der Waals surface area (Å²) in [6.45, 7) is 0. The average molecular weight is 145 g/mol. The van der Waals surface area contributed by atoms with Crippen LogP contribution in [-0.4, -0.2) is 30.5 Å². The number of hydrogen-bond acceptors (Lipinski definition) is 3. The Morgan fingerprint density at radius 2 is 2.40 bits per heavy atom. The van der Waals surface area contributed by atoms with Crippen LogP contribution in [0.1, 0.15) is 12.8 Å². The molecule has 4 nitrogen and oxygen atoms in total. The van der Waals surface area contributed by atoms with Gasteiger partial charge < -0.3 is 15.2 Å². The minimum Gasteiger partial charge on any atom is -0.480 e. The number of rotatable bonds is 5. The van der Waals surface area contributed by atoms with Crippen molar-refractivity contribution in [3.63, 3.8) is 0 Å². The second kappa shape index (κ2) is 4.93. The number of carboxylic acids is 1. The molecule has 0 saturated carbocycles. The van der Waals surface area contributed by atoms with E-state index in [9.17, 15) is 9.59 Å². The van der Waals surface area contributed by atoms with Crippen LogP contribution >= 0.6 is 0 Å². The molecule has 0 fully saturated rings. The van der Waals surface area contributed by atoms with Crippen LogP contribution in [0.3, 0.4) is 0 Å². The SMILES string of the molecule is CNC(CCC=O)C(=O)O. The van der Waals surface area contributed by atoms with Gasteiger partial charge in [0.15, 0.2) is 0 Å². The monoisotopic (exact) mass is 145 g/mol. The van der Waals surface area contributed by atoms with Gasteiger partial charge in [0, 0.05) is 6.42 Å². The molecule has 58 valence electrons. The van der Waals surface area contributed by atoms with Crippen molar-refractivity contribution in [2.24, 2.45) is 0 Å². The van der Waals surface area contributed by atoms with Gasteiger partial charge in [0.05, 0.1) is 0 Å². The summed E-state index contributed by atoms with van der Waals surface area (Å²) < 4.78 is 0. The fourth-order valence-electron chi connectivity index (χ4n) is 0.626. The molecule has 0 aliphatic rings. The van der Waals surface area contributed by atoms with E-state index < -0.39 is 12.0 Å². The number of nitrogens with one attached hydrogen (secondary N) is 1. The van der Waals surface area contributed by atoms with E-state index in [1.165, 1.54) is 0 Å². The fraction of sp³-hybridized carbons (Fsp3) is 0.667. The van der Waals surface area contributed by atoms with Gasteiger partial charge in [-0.15, -0.1) is 0 Å². The van der Waals surface area contributed by atoms with Gasteiger partial charge >= 0.3 is 5.97 Å². The number of carbonyl (C=O) groups is 2. The zero-order chi connectivity index (χ0) is 7.98. The van der Waals surface area contributed by atoms with Crippen LogP contribution in [0.15, 0.2) is 0 Å². The van der Waals surface area contributed by atoms with Crippen molar-refractivity contribution in [3.8, 4) is 0 Å². The Bertz CT molecular complexity index is 124. The highest BCUT2D eigenvalue weighted by atomic mass is 16.4. The Balaban J connectivity index is 3.60. The standard InChI is InChI=1S/C6H11NO3/c1-7-5(6(9)10)3-2-4-8/h4-5,7H,2-3H2,1H3,(H,9,10). The molecule has 0 radical (unpaired) electrons. The quantitative estimate of drug-likeness (QED) is 0.518. The van der Waals surface area contributed by atoms with Crippen LogP contribution in [0.2, 0.25) is 0 Å². The molecule has 0 aromatic rings. The number of carbonyl (C=O) groups excluding carboxylic acids is 1. The molecule has 0 saturated heterocycles. The fourth-order valence-corrected chi connectivity index (χ4v) is 0.626. The van der Waals surface area contributed by atoms with E-state index in [0.29, 0.717) is 12.7 Å². The van der Waals surface area contributed by atoms with Crippen molar-refractivity contribution in [1.29, 1.82) is 0 Å². The molecule has 0 bridgehead atoms. The topological polar surface area (TPSA) is 66.4 Å². The van der Waals surface area contributed by atoms with Crippen LogP contribution in [0.25, 0.3) is 0 Å². The maximum atomic E-state index is 10.3. The number of aliphatic carboxylic acids is 1. The minimum atomic E-state index is -0.913. The Morgan fingerprint density at radius 1 is 1.80 bits per heavy atom. The highest BCUT2D eigenvalue weighted by Gasteiger charge is 2.12. The molecule has 1 atom stereocenters. The van der Waals surface area contributed by atoms with Crippen molar-refractivity contribution in [1.82, 2.24) is 5.32 Å². The third-order valence-electron chi connectivity index (χ3n) is 1.22. The lowest BCUT2D eigenvalue weighted by Crippen LogP contribution is -2.33. The molecule has 0 heterocycles. The second-order valence-electron chi connectivity index (χ2n) is 1.92. The largest absolute Gasteiger partial charge is 0.480 e. The van der Waals surface area contributed by atoms with E-state index in [-0.39, 0.29) is 6.42 Å². The van der Waals surface area contributed by atoms with Gasteiger partial charge in [-0.25, -0.2) is 0 Å². The normalized spacial score (nSPS) is 12.5. The highest BCUT2D eigenvalue weighted by molar-refractivity contribution is 5.73. The summed E-state index contributed by atoms with van der Waals surface area (Å²) in [6.07, 6.45) is 1.36. The average Bonchev–Trinajstić information content (AvgIpc) is 1.89. The number of aldehydes is 1. The first-order valence-electron chi connectivity index (χ1n) is 3.06. The summed E-state index contributed by atoms with van der Waals surface area (Å²) in [5, 5.41) is 11.0. The molecule has 0 aliphatic carbocycles. The number of likely N-dealkylation sites (N-methyl/N-ethyl adjacent to an activating group) is 1. The lowest BCUT2D eigenvalue weighted by atomic mass is 10.2. The van der Waals surface area contributed by atoms with E-state index in [0.717, 1.165) is 0 Å². The first-order valence-corrected chi connectivity index (χ1v) is 3.06. The Labute approximate surface area is 59.2 Å². The van der Waals surface area contributed by atoms with Crippen molar-refractivity contribution < 1.29 is 14.7 Å². The van der Waals surface area contributed by atoms with E-state index >= 15 is 0 Å². The first kappa shape index (κ1) is 9.10. The van der Waals surface area contributed by atoms with Crippen LogP contribution in [-0.2, 0) is 9.59 Å². The molecule has 0 aromatic carbocycles. The lowest BCUT2D eigenvalue weighted by Gasteiger charge is -2.07. The maximum absolute atomic E-state index is 10.3. The first-order chi connectivity index (χ1) is 4.72. The predicted molar refractivity (Wildman–Crippen MR) is 35.8 cm³/mol. The molecule has 0 aromatic heterocycles. The van der Waals surface area contributed by atoms with E-state index in [1.807, 2.05) is 0 Å². The van der Waals surface area contributed by atoms with Crippen molar-refractivity contribution in [2.75, 3.05) is 7.05 Å². The molecule has 0 rings (SSSR count). The minimum absolute atomic E-state index is 0.289. The van der Waals surface area contributed by atoms with Gasteiger partial charge in [-0.2, -0.15) is 0 Å². The van der Waals surface area contributed by atoms with Crippen LogP contribution < -0.4 is 5.32 Å². The second-order valence-corrected chi connectivity index (χ2v) is 1.92. The molecule has 10 heavy (non-hydrogen) atoms. The Morgan fingerprint density at radius 3 is 2.70 bits per heavy atom. The third-order valence-corrected chi connectivity index (χ3v) is 1.22. The van der Waals surface area contributed by atoms with Gasteiger partial charge in [-0.05, 0) is 13.5 Å². The van der Waals surface area contributed by atoms with E-state index in [1.54, 1.807) is 7.05 Å². The van der Waals surface area contributed by atoms with E-state index in [4.69, 9.17) is 5.11 Å². The summed E-state index contributed by atoms with van der Waals surface area (Å²) in [7, 11) is 1.56. The van der Waals surface area contributed by atoms with Crippen molar-refractivity contribution >= 4 is 12.3 Å². The molecular weight excluding hydrogens is 134 g/mol. The predicted octanol–water partition coefficient (Wildman–Crippen LogP) is -0.362. The van der Waals surface area contributed by atoms with Crippen LogP contribution in [0, 0.1) is 0 Å². The molecule has 0 aliphatic heterocycles. The summed E-state index contributed by atoms with van der Waals surface area (Å²) in [4.78, 5) is 20.1. The molecular formula is C6H11NO3. The Hall–Kier alpha value is -0.900. The molecule has 4 heteroatoms. The van der Waals surface area contributed by atoms with Gasteiger partial charge in [0.2, 0.25) is 0 Å². The molecule has 0 amide bonds. The number of carboxylic acid groups (broad SMARTS) is 1. The Kier molecular flexibility index (Phi) is 4.49. The number of hydrogen-bond donors (Lipinski definition) is 2. The van der Waals surface area contributed by atoms with Crippen LogP contribution in [0.5, 0.6) is 0 Å². The smallest absolute Gasteiger partial charge is 0.320 e. The van der Waals surface area contributed by atoms with Gasteiger partial charge in [0.25, 0.3) is 0 Å². The zero-order valence-corrected chi connectivity index (χ0v) is 5.83. The lowest BCUT2D eigenvalue weighted by molar-refractivity contribution is -0.139. The third kappa shape index (κ3) is 3.19. The molecule has 0 spiro atoms. The summed E-state index contributed by atoms with van der Waals surface area (Å²) in [6, 6.07) is -0.592.